The van der Waals surface area contributed by atoms with Crippen molar-refractivity contribution in [3.8, 4) is 17.6 Å². The molecule has 0 aliphatic heterocycles. The van der Waals surface area contributed by atoms with Gasteiger partial charge in [0, 0.05) is 30.6 Å². The summed E-state index contributed by atoms with van der Waals surface area (Å²) in [5, 5.41) is 0. The average Bonchev–Trinajstić information content (AvgIpc) is 2.51. The van der Waals surface area contributed by atoms with Crippen molar-refractivity contribution in [1.82, 2.24) is 4.98 Å². The molecule has 21 heavy (non-hydrogen) atoms. The van der Waals surface area contributed by atoms with Gasteiger partial charge in [-0.2, -0.15) is 0 Å². The summed E-state index contributed by atoms with van der Waals surface area (Å²) in [5.74, 6) is 6.48. The molecule has 0 radical (unpaired) electrons. The van der Waals surface area contributed by atoms with Gasteiger partial charge in [0.25, 0.3) is 0 Å². The number of nitrogens with zero attached hydrogens (tertiary/aromatic N) is 1. The molecule has 1 heterocycles. The zero-order chi connectivity index (χ0) is 14.9. The summed E-state index contributed by atoms with van der Waals surface area (Å²) in [6, 6.07) is 10.1. The molecule has 0 aliphatic carbocycles. The molecule has 0 aliphatic rings. The Bertz CT molecular complexity index is 634. The van der Waals surface area contributed by atoms with Gasteiger partial charge in [0.15, 0.2) is 0 Å². The van der Waals surface area contributed by atoms with Crippen molar-refractivity contribution in [2.75, 3.05) is 12.5 Å². The number of rotatable bonds is 5. The van der Waals surface area contributed by atoms with Crippen molar-refractivity contribution in [2.24, 2.45) is 0 Å². The first-order valence-corrected chi connectivity index (χ1v) is 7.20. The van der Waals surface area contributed by atoms with E-state index in [9.17, 15) is 4.39 Å². The van der Waals surface area contributed by atoms with Crippen molar-refractivity contribution < 1.29 is 9.13 Å². The van der Waals surface area contributed by atoms with Gasteiger partial charge in [-0.3, -0.25) is 4.98 Å². The molecule has 0 atom stereocenters. The van der Waals surface area contributed by atoms with Crippen molar-refractivity contribution in [3.63, 3.8) is 0 Å². The minimum Gasteiger partial charge on any atom is -0.492 e. The standard InChI is InChI=1S/C17H15ClFNO/c18-10-3-1-5-14-13-15(19)7-8-17(14)21-12-9-16-6-2-4-11-20-16/h2,4,6-8,11,13H,3,9-10,12H2. The first-order chi connectivity index (χ1) is 10.3. The molecular weight excluding hydrogens is 289 g/mol. The molecular formula is C17H15ClFNO. The molecule has 0 fully saturated rings. The van der Waals surface area contributed by atoms with Gasteiger partial charge in [0.1, 0.15) is 11.6 Å². The van der Waals surface area contributed by atoms with Crippen LogP contribution in [0, 0.1) is 17.7 Å². The molecule has 0 unspecified atom stereocenters. The molecule has 1 aromatic carbocycles. The molecule has 0 N–H and O–H groups in total. The number of aromatic nitrogens is 1. The summed E-state index contributed by atoms with van der Waals surface area (Å²) in [6.45, 7) is 0.465. The van der Waals surface area contributed by atoms with Crippen LogP contribution < -0.4 is 4.74 Å². The molecule has 0 bridgehead atoms. The van der Waals surface area contributed by atoms with E-state index in [1.165, 1.54) is 12.1 Å². The van der Waals surface area contributed by atoms with Crippen LogP contribution in [-0.4, -0.2) is 17.5 Å². The Morgan fingerprint density at radius 3 is 2.90 bits per heavy atom. The van der Waals surface area contributed by atoms with Crippen molar-refractivity contribution in [2.45, 2.75) is 12.8 Å². The highest BCUT2D eigenvalue weighted by Crippen LogP contribution is 2.19. The maximum atomic E-state index is 13.3. The van der Waals surface area contributed by atoms with Crippen LogP contribution in [0.1, 0.15) is 17.7 Å². The SMILES string of the molecule is Fc1ccc(OCCc2ccccn2)c(C#CCCCl)c1. The zero-order valence-corrected chi connectivity index (χ0v) is 12.2. The van der Waals surface area contributed by atoms with Gasteiger partial charge >= 0.3 is 0 Å². The lowest BCUT2D eigenvalue weighted by Crippen LogP contribution is -2.04. The van der Waals surface area contributed by atoms with Crippen LogP contribution in [0.4, 0.5) is 4.39 Å². The van der Waals surface area contributed by atoms with E-state index < -0.39 is 0 Å². The Labute approximate surface area is 128 Å². The molecule has 0 spiro atoms. The molecule has 2 rings (SSSR count). The number of hydrogen-bond donors (Lipinski definition) is 0. The van der Waals surface area contributed by atoms with Crippen LogP contribution in [-0.2, 0) is 6.42 Å². The van der Waals surface area contributed by atoms with Crippen LogP contribution in [0.15, 0.2) is 42.6 Å². The minimum absolute atomic E-state index is 0.331. The highest BCUT2D eigenvalue weighted by molar-refractivity contribution is 6.18. The van der Waals surface area contributed by atoms with E-state index in [4.69, 9.17) is 16.3 Å². The second-order valence-corrected chi connectivity index (χ2v) is 4.68. The highest BCUT2D eigenvalue weighted by Gasteiger charge is 2.04. The number of hydrogen-bond acceptors (Lipinski definition) is 2. The summed E-state index contributed by atoms with van der Waals surface area (Å²) >= 11 is 5.58. The lowest BCUT2D eigenvalue weighted by Gasteiger charge is -2.08. The topological polar surface area (TPSA) is 22.1 Å². The van der Waals surface area contributed by atoms with Crippen molar-refractivity contribution in [1.29, 1.82) is 0 Å². The van der Waals surface area contributed by atoms with Crippen LogP contribution in [0.3, 0.4) is 0 Å². The number of alkyl halides is 1. The van der Waals surface area contributed by atoms with E-state index >= 15 is 0 Å². The summed E-state index contributed by atoms with van der Waals surface area (Å²) in [6.07, 6.45) is 2.99. The van der Waals surface area contributed by atoms with E-state index in [0.717, 1.165) is 5.69 Å². The molecule has 0 saturated heterocycles. The quantitative estimate of drug-likeness (QED) is 0.619. The second-order valence-electron chi connectivity index (χ2n) is 4.30. The Hall–Kier alpha value is -2.05. The normalized spacial score (nSPS) is 9.81. The summed E-state index contributed by atoms with van der Waals surface area (Å²) < 4.78 is 19.0. The third-order valence-corrected chi connectivity index (χ3v) is 2.92. The first-order valence-electron chi connectivity index (χ1n) is 6.66. The fourth-order valence-electron chi connectivity index (χ4n) is 1.74. The molecule has 1 aromatic heterocycles. The van der Waals surface area contributed by atoms with Crippen LogP contribution in [0.25, 0.3) is 0 Å². The van der Waals surface area contributed by atoms with Gasteiger partial charge in [0.2, 0.25) is 0 Å². The third-order valence-electron chi connectivity index (χ3n) is 2.73. The number of pyridine rings is 1. The Balaban J connectivity index is 2.01. The summed E-state index contributed by atoms with van der Waals surface area (Å²) in [4.78, 5) is 4.22. The van der Waals surface area contributed by atoms with Gasteiger partial charge in [0.05, 0.1) is 12.2 Å². The molecule has 0 saturated carbocycles. The van der Waals surface area contributed by atoms with Gasteiger partial charge in [-0.1, -0.05) is 17.9 Å². The number of benzene rings is 1. The largest absolute Gasteiger partial charge is 0.492 e. The zero-order valence-electron chi connectivity index (χ0n) is 11.5. The molecule has 0 amide bonds. The Morgan fingerprint density at radius 2 is 2.14 bits per heavy atom. The smallest absolute Gasteiger partial charge is 0.135 e. The van der Waals surface area contributed by atoms with Crippen LogP contribution in [0.2, 0.25) is 0 Å². The lowest BCUT2D eigenvalue weighted by atomic mass is 10.2. The van der Waals surface area contributed by atoms with Crippen LogP contribution in [0.5, 0.6) is 5.75 Å². The predicted molar refractivity (Wildman–Crippen MR) is 82.1 cm³/mol. The Kier molecular flexibility index (Phi) is 6.05. The lowest BCUT2D eigenvalue weighted by molar-refractivity contribution is 0.319. The summed E-state index contributed by atoms with van der Waals surface area (Å²) in [5.41, 5.74) is 1.50. The molecule has 4 heteroatoms. The molecule has 2 nitrogen and oxygen atoms in total. The monoisotopic (exact) mass is 303 g/mol. The number of ether oxygens (including phenoxy) is 1. The van der Waals surface area contributed by atoms with Gasteiger partial charge < -0.3 is 4.74 Å². The first kappa shape index (κ1) is 15.3. The third kappa shape index (κ3) is 5.09. The number of halogens is 2. The van der Waals surface area contributed by atoms with Crippen LogP contribution >= 0.6 is 11.6 Å². The van der Waals surface area contributed by atoms with E-state index in [0.29, 0.717) is 36.6 Å². The second kappa shape index (κ2) is 8.28. The van der Waals surface area contributed by atoms with Crippen molar-refractivity contribution >= 4 is 11.6 Å². The maximum absolute atomic E-state index is 13.3. The fourth-order valence-corrected chi connectivity index (χ4v) is 1.84. The van der Waals surface area contributed by atoms with Gasteiger partial charge in [-0.05, 0) is 30.3 Å². The maximum Gasteiger partial charge on any atom is 0.135 e. The van der Waals surface area contributed by atoms with Crippen molar-refractivity contribution in [3.05, 3.63) is 59.7 Å². The van der Waals surface area contributed by atoms with Gasteiger partial charge in [-0.15, -0.1) is 11.6 Å². The van der Waals surface area contributed by atoms with E-state index in [1.807, 2.05) is 18.2 Å². The Morgan fingerprint density at radius 1 is 1.24 bits per heavy atom. The predicted octanol–water partition coefficient (Wildman–Crippen LogP) is 3.82. The summed E-state index contributed by atoms with van der Waals surface area (Å²) in [7, 11) is 0. The fraction of sp³-hybridized carbons (Fsp3) is 0.235. The van der Waals surface area contributed by atoms with E-state index in [2.05, 4.69) is 16.8 Å². The van der Waals surface area contributed by atoms with E-state index in [-0.39, 0.29) is 5.82 Å². The molecule has 2 aromatic rings. The molecule has 108 valence electrons. The average molecular weight is 304 g/mol. The highest BCUT2D eigenvalue weighted by atomic mass is 35.5. The van der Waals surface area contributed by atoms with Gasteiger partial charge in [-0.25, -0.2) is 4.39 Å². The van der Waals surface area contributed by atoms with E-state index in [1.54, 1.807) is 12.3 Å². The minimum atomic E-state index is -0.331.